The molecule has 0 atom stereocenters. The van der Waals surface area contributed by atoms with Gasteiger partial charge in [0.15, 0.2) is 0 Å². The Morgan fingerprint density at radius 3 is 2.00 bits per heavy atom. The summed E-state index contributed by atoms with van der Waals surface area (Å²) in [4.78, 5) is 0. The summed E-state index contributed by atoms with van der Waals surface area (Å²) in [6.07, 6.45) is -3.10. The van der Waals surface area contributed by atoms with Crippen molar-refractivity contribution < 1.29 is 17.6 Å². The fourth-order valence-electron chi connectivity index (χ4n) is 0.743. The number of halogens is 5. The molecule has 66 valence electrons. The van der Waals surface area contributed by atoms with Gasteiger partial charge in [-0.1, -0.05) is 11.6 Å². The molecule has 1 rings (SSSR count). The quantitative estimate of drug-likeness (QED) is 0.478. The Balaban J connectivity index is 3.33. The maximum Gasteiger partial charge on any atom is 0.268 e. The Morgan fingerprint density at radius 1 is 1.08 bits per heavy atom. The third-order valence-electron chi connectivity index (χ3n) is 1.30. The van der Waals surface area contributed by atoms with Crippen LogP contribution in [-0.4, -0.2) is 0 Å². The van der Waals surface area contributed by atoms with Gasteiger partial charge in [0.1, 0.15) is 11.6 Å². The fraction of sp³-hybridized carbons (Fsp3) is 0.143. The normalized spacial score (nSPS) is 10.8. The van der Waals surface area contributed by atoms with Crippen molar-refractivity contribution in [2.24, 2.45) is 0 Å². The molecule has 0 nitrogen and oxygen atoms in total. The van der Waals surface area contributed by atoms with Gasteiger partial charge in [-0.25, -0.2) is 17.6 Å². The van der Waals surface area contributed by atoms with Crippen molar-refractivity contribution >= 4 is 11.6 Å². The summed E-state index contributed by atoms with van der Waals surface area (Å²) >= 11 is 5.10. The van der Waals surface area contributed by atoms with Crippen molar-refractivity contribution in [1.29, 1.82) is 0 Å². The first kappa shape index (κ1) is 9.32. The molecular weight excluding hydrogens is 196 g/mol. The SMILES string of the molecule is Fc1ccc(F)c(C(F)F)c1Cl. The predicted molar refractivity (Wildman–Crippen MR) is 36.3 cm³/mol. The molecule has 0 aliphatic carbocycles. The number of benzene rings is 1. The van der Waals surface area contributed by atoms with Crippen molar-refractivity contribution in [2.75, 3.05) is 0 Å². The lowest BCUT2D eigenvalue weighted by Gasteiger charge is -2.04. The van der Waals surface area contributed by atoms with Crippen LogP contribution in [0, 0.1) is 11.6 Å². The van der Waals surface area contributed by atoms with E-state index >= 15 is 0 Å². The first-order valence-electron chi connectivity index (χ1n) is 2.95. The van der Waals surface area contributed by atoms with Crippen LogP contribution in [0.3, 0.4) is 0 Å². The lowest BCUT2D eigenvalue weighted by atomic mass is 10.2. The Morgan fingerprint density at radius 2 is 1.58 bits per heavy atom. The molecule has 0 bridgehead atoms. The van der Waals surface area contributed by atoms with Crippen molar-refractivity contribution in [2.45, 2.75) is 6.43 Å². The molecule has 12 heavy (non-hydrogen) atoms. The summed E-state index contributed by atoms with van der Waals surface area (Å²) in [5.74, 6) is -2.25. The van der Waals surface area contributed by atoms with E-state index in [1.165, 1.54) is 0 Å². The number of hydrogen-bond acceptors (Lipinski definition) is 0. The van der Waals surface area contributed by atoms with Gasteiger partial charge in [0.25, 0.3) is 6.43 Å². The Hall–Kier alpha value is -0.770. The zero-order valence-corrected chi connectivity index (χ0v) is 6.38. The van der Waals surface area contributed by atoms with Crippen molar-refractivity contribution in [3.63, 3.8) is 0 Å². The molecule has 0 fully saturated rings. The topological polar surface area (TPSA) is 0 Å². The molecule has 0 aromatic heterocycles. The zero-order valence-electron chi connectivity index (χ0n) is 5.62. The van der Waals surface area contributed by atoms with E-state index in [2.05, 4.69) is 0 Å². The molecule has 0 unspecified atom stereocenters. The average Bonchev–Trinajstić information content (AvgIpc) is 1.97. The minimum atomic E-state index is -3.10. The summed E-state index contributed by atoms with van der Waals surface area (Å²) in [6, 6.07) is 1.31. The van der Waals surface area contributed by atoms with E-state index in [1.807, 2.05) is 0 Å². The van der Waals surface area contributed by atoms with Crippen LogP contribution in [0.2, 0.25) is 5.02 Å². The van der Waals surface area contributed by atoms with Crippen molar-refractivity contribution in [3.8, 4) is 0 Å². The minimum Gasteiger partial charge on any atom is -0.206 e. The lowest BCUT2D eigenvalue weighted by molar-refractivity contribution is 0.146. The van der Waals surface area contributed by atoms with Gasteiger partial charge in [0.05, 0.1) is 10.6 Å². The Kier molecular flexibility index (Phi) is 2.57. The van der Waals surface area contributed by atoms with E-state index < -0.39 is 28.6 Å². The zero-order chi connectivity index (χ0) is 9.30. The second kappa shape index (κ2) is 3.31. The lowest BCUT2D eigenvalue weighted by Crippen LogP contribution is -1.94. The van der Waals surface area contributed by atoms with Crippen LogP contribution in [0.1, 0.15) is 12.0 Å². The summed E-state index contributed by atoms with van der Waals surface area (Å²) in [6.45, 7) is 0. The maximum absolute atomic E-state index is 12.6. The highest BCUT2D eigenvalue weighted by Crippen LogP contribution is 2.31. The molecule has 0 amide bonds. The van der Waals surface area contributed by atoms with E-state index in [0.717, 1.165) is 0 Å². The highest BCUT2D eigenvalue weighted by Gasteiger charge is 2.19. The third kappa shape index (κ3) is 1.53. The Bertz CT molecular complexity index is 298. The standard InChI is InChI=1S/C7H3ClF4/c8-6-4(10)2-1-3(9)5(6)7(11)12/h1-2,7H. The predicted octanol–water partition coefficient (Wildman–Crippen LogP) is 3.56. The summed E-state index contributed by atoms with van der Waals surface area (Å²) < 4.78 is 49.0. The van der Waals surface area contributed by atoms with Crippen LogP contribution in [-0.2, 0) is 0 Å². The maximum atomic E-state index is 12.6. The van der Waals surface area contributed by atoms with Crippen LogP contribution < -0.4 is 0 Å². The fourth-order valence-corrected chi connectivity index (χ4v) is 0.979. The molecule has 0 saturated heterocycles. The molecule has 0 heterocycles. The van der Waals surface area contributed by atoms with E-state index in [1.54, 1.807) is 0 Å². The van der Waals surface area contributed by atoms with Gasteiger partial charge >= 0.3 is 0 Å². The molecular formula is C7H3ClF4. The first-order valence-corrected chi connectivity index (χ1v) is 3.33. The molecule has 5 heteroatoms. The van der Waals surface area contributed by atoms with Crippen LogP contribution in [0.25, 0.3) is 0 Å². The Labute approximate surface area is 70.8 Å². The van der Waals surface area contributed by atoms with Crippen molar-refractivity contribution in [1.82, 2.24) is 0 Å². The van der Waals surface area contributed by atoms with Crippen molar-refractivity contribution in [3.05, 3.63) is 34.4 Å². The average molecular weight is 199 g/mol. The molecule has 0 radical (unpaired) electrons. The summed E-state index contributed by atoms with van der Waals surface area (Å²) in [5.41, 5.74) is -1.09. The summed E-state index contributed by atoms with van der Waals surface area (Å²) in [7, 11) is 0. The first-order chi connectivity index (χ1) is 5.54. The van der Waals surface area contributed by atoms with E-state index in [-0.39, 0.29) is 0 Å². The number of hydrogen-bond donors (Lipinski definition) is 0. The van der Waals surface area contributed by atoms with Crippen LogP contribution in [0.5, 0.6) is 0 Å². The summed E-state index contributed by atoms with van der Waals surface area (Å²) in [5, 5.41) is -0.856. The largest absolute Gasteiger partial charge is 0.268 e. The second-order valence-corrected chi connectivity index (χ2v) is 2.44. The molecule has 0 saturated carbocycles. The van der Waals surface area contributed by atoms with Gasteiger partial charge in [-0.05, 0) is 12.1 Å². The molecule has 0 spiro atoms. The van der Waals surface area contributed by atoms with Crippen LogP contribution in [0.15, 0.2) is 12.1 Å². The van der Waals surface area contributed by atoms with Gasteiger partial charge in [-0.2, -0.15) is 0 Å². The second-order valence-electron chi connectivity index (χ2n) is 2.06. The molecule has 1 aromatic carbocycles. The van der Waals surface area contributed by atoms with Gasteiger partial charge in [-0.3, -0.25) is 0 Å². The third-order valence-corrected chi connectivity index (χ3v) is 1.68. The van der Waals surface area contributed by atoms with E-state index in [9.17, 15) is 17.6 Å². The molecule has 0 N–H and O–H groups in total. The smallest absolute Gasteiger partial charge is 0.206 e. The highest BCUT2D eigenvalue weighted by atomic mass is 35.5. The minimum absolute atomic E-state index is 0.614. The van der Waals surface area contributed by atoms with E-state index in [4.69, 9.17) is 11.6 Å². The van der Waals surface area contributed by atoms with Gasteiger partial charge in [0, 0.05) is 0 Å². The monoisotopic (exact) mass is 198 g/mol. The number of rotatable bonds is 1. The molecule has 1 aromatic rings. The highest BCUT2D eigenvalue weighted by molar-refractivity contribution is 6.31. The molecule has 0 aliphatic heterocycles. The molecule has 0 aliphatic rings. The van der Waals surface area contributed by atoms with Crippen LogP contribution >= 0.6 is 11.6 Å². The van der Waals surface area contributed by atoms with Gasteiger partial charge in [0.2, 0.25) is 0 Å². The van der Waals surface area contributed by atoms with Crippen LogP contribution in [0.4, 0.5) is 17.6 Å². The van der Waals surface area contributed by atoms with Gasteiger partial charge in [-0.15, -0.1) is 0 Å². The van der Waals surface area contributed by atoms with Gasteiger partial charge < -0.3 is 0 Å². The number of alkyl halides is 2. The van der Waals surface area contributed by atoms with E-state index in [0.29, 0.717) is 12.1 Å².